The van der Waals surface area contributed by atoms with Crippen molar-refractivity contribution in [3.8, 4) is 0 Å². The number of thiol groups is 1. The van der Waals surface area contributed by atoms with Gasteiger partial charge in [0.2, 0.25) is 0 Å². The van der Waals surface area contributed by atoms with Gasteiger partial charge in [-0.1, -0.05) is 103 Å². The van der Waals surface area contributed by atoms with Gasteiger partial charge in [0.15, 0.2) is 0 Å². The van der Waals surface area contributed by atoms with Gasteiger partial charge in [0.25, 0.3) is 0 Å². The molecule has 0 spiro atoms. The van der Waals surface area contributed by atoms with Crippen LogP contribution in [0.5, 0.6) is 0 Å². The first kappa shape index (κ1) is 21.3. The van der Waals surface area contributed by atoms with Crippen molar-refractivity contribution in [2.75, 3.05) is 6.61 Å². The van der Waals surface area contributed by atoms with E-state index in [2.05, 4.69) is 24.2 Å². The summed E-state index contributed by atoms with van der Waals surface area (Å²) >= 11 is 3.53. The van der Waals surface area contributed by atoms with Gasteiger partial charge in [-0.15, -0.1) is 0 Å². The molecular weight excluding hydrogens is 280 g/mol. The zero-order valence-electron chi connectivity index (χ0n) is 14.3. The molecule has 0 aromatic heterocycles. The molecule has 0 saturated heterocycles. The summed E-state index contributed by atoms with van der Waals surface area (Å²) in [6.07, 6.45) is 22.3. The Balaban J connectivity index is 2.90. The second-order valence-electron chi connectivity index (χ2n) is 6.20. The molecule has 0 radical (unpaired) electrons. The molecule has 0 aliphatic carbocycles. The van der Waals surface area contributed by atoms with Crippen molar-refractivity contribution in [2.45, 2.75) is 110 Å². The maximum atomic E-state index is 4.72. The first-order chi connectivity index (χ1) is 10.4. The van der Waals surface area contributed by atoms with E-state index in [-0.39, 0.29) is 0 Å². The van der Waals surface area contributed by atoms with Crippen LogP contribution in [0.25, 0.3) is 0 Å². The van der Waals surface area contributed by atoms with Crippen molar-refractivity contribution in [1.82, 2.24) is 0 Å². The lowest BCUT2D eigenvalue weighted by Gasteiger charge is -2.03. The molecule has 21 heavy (non-hydrogen) atoms. The van der Waals surface area contributed by atoms with Crippen LogP contribution >= 0.6 is 12.9 Å². The highest BCUT2D eigenvalue weighted by molar-refractivity contribution is 7.74. The molecule has 0 unspecified atom stereocenters. The summed E-state index contributed by atoms with van der Waals surface area (Å²) in [6.45, 7) is 2.95. The number of rotatable bonds is 18. The van der Waals surface area contributed by atoms with E-state index in [1.807, 2.05) is 0 Å². The highest BCUT2D eigenvalue weighted by Crippen LogP contribution is 2.13. The Morgan fingerprint density at radius 1 is 0.524 bits per heavy atom. The molecular formula is C18H38O2S. The fraction of sp³-hybridized carbons (Fsp3) is 1.00. The van der Waals surface area contributed by atoms with Crippen LogP contribution in [-0.2, 0) is 9.22 Å². The molecule has 0 aliphatic rings. The molecule has 0 aromatic rings. The minimum atomic E-state index is 0.669. The maximum absolute atomic E-state index is 4.72. The summed E-state index contributed by atoms with van der Waals surface area (Å²) in [4.78, 5) is 4.72. The van der Waals surface area contributed by atoms with Gasteiger partial charge in [-0.05, 0) is 6.42 Å². The largest absolute Gasteiger partial charge is 0.225 e. The van der Waals surface area contributed by atoms with E-state index in [4.69, 9.17) is 4.89 Å². The predicted molar refractivity (Wildman–Crippen MR) is 95.6 cm³/mol. The predicted octanol–water partition coefficient (Wildman–Crippen LogP) is 7.04. The van der Waals surface area contributed by atoms with Crippen molar-refractivity contribution in [3.63, 3.8) is 0 Å². The molecule has 0 fully saturated rings. The Kier molecular flexibility index (Phi) is 20.5. The molecule has 0 atom stereocenters. The number of hydrogen-bond donors (Lipinski definition) is 1. The Hall–Kier alpha value is 0.270. The van der Waals surface area contributed by atoms with Crippen molar-refractivity contribution < 1.29 is 9.22 Å². The molecule has 0 heterocycles. The van der Waals surface area contributed by atoms with E-state index < -0.39 is 0 Å². The first-order valence-electron chi connectivity index (χ1n) is 9.35. The summed E-state index contributed by atoms with van der Waals surface area (Å²) in [5.74, 6) is 0. The van der Waals surface area contributed by atoms with Gasteiger partial charge in [-0.25, -0.2) is 4.89 Å². The molecule has 128 valence electrons. The van der Waals surface area contributed by atoms with Crippen molar-refractivity contribution in [1.29, 1.82) is 0 Å². The van der Waals surface area contributed by atoms with Gasteiger partial charge in [0.05, 0.1) is 6.61 Å². The van der Waals surface area contributed by atoms with Gasteiger partial charge in [-0.3, -0.25) is 0 Å². The van der Waals surface area contributed by atoms with E-state index in [1.165, 1.54) is 96.3 Å². The van der Waals surface area contributed by atoms with E-state index in [1.54, 1.807) is 0 Å². The third kappa shape index (κ3) is 20.3. The lowest BCUT2D eigenvalue weighted by molar-refractivity contribution is -0.188. The summed E-state index contributed by atoms with van der Waals surface area (Å²) in [5.41, 5.74) is 0. The summed E-state index contributed by atoms with van der Waals surface area (Å²) in [5, 5.41) is 0. The third-order valence-corrected chi connectivity index (χ3v) is 4.24. The summed E-state index contributed by atoms with van der Waals surface area (Å²) in [6, 6.07) is 0. The van der Waals surface area contributed by atoms with Gasteiger partial charge in [-0.2, -0.15) is 4.33 Å². The molecule has 0 rings (SSSR count). The zero-order chi connectivity index (χ0) is 15.4. The molecule has 0 bridgehead atoms. The van der Waals surface area contributed by atoms with Crippen LogP contribution < -0.4 is 0 Å². The normalized spacial score (nSPS) is 11.1. The Morgan fingerprint density at radius 3 is 1.19 bits per heavy atom. The van der Waals surface area contributed by atoms with E-state index >= 15 is 0 Å². The topological polar surface area (TPSA) is 18.5 Å². The lowest BCUT2D eigenvalue weighted by atomic mass is 10.0. The third-order valence-electron chi connectivity index (χ3n) is 4.13. The minimum absolute atomic E-state index is 0.669. The van der Waals surface area contributed by atoms with Crippen LogP contribution in [-0.4, -0.2) is 6.61 Å². The fourth-order valence-electron chi connectivity index (χ4n) is 2.75. The highest BCUT2D eigenvalue weighted by atomic mass is 32.1. The molecule has 0 N–H and O–H groups in total. The van der Waals surface area contributed by atoms with E-state index in [9.17, 15) is 0 Å². The molecule has 3 heteroatoms. The molecule has 0 aliphatic heterocycles. The van der Waals surface area contributed by atoms with E-state index in [0.29, 0.717) is 6.61 Å². The molecule has 0 amide bonds. The Labute approximate surface area is 138 Å². The molecule has 0 saturated carbocycles. The van der Waals surface area contributed by atoms with E-state index in [0.717, 1.165) is 6.42 Å². The SMILES string of the molecule is CCCCCCCCCCCCCCCCCCOOS. The average molecular weight is 319 g/mol. The highest BCUT2D eigenvalue weighted by Gasteiger charge is 1.94. The van der Waals surface area contributed by atoms with Crippen LogP contribution in [0.4, 0.5) is 0 Å². The van der Waals surface area contributed by atoms with Crippen molar-refractivity contribution >= 4 is 12.9 Å². The average Bonchev–Trinajstić information content (AvgIpc) is 2.50. The lowest BCUT2D eigenvalue weighted by Crippen LogP contribution is -1.90. The van der Waals surface area contributed by atoms with Gasteiger partial charge in [0, 0.05) is 12.9 Å². The Morgan fingerprint density at radius 2 is 0.857 bits per heavy atom. The smallest absolute Gasteiger partial charge is 0.0834 e. The standard InChI is InChI=1S/C18H38O2S/c1-2-3-4-5-6-7-8-9-10-11-12-13-14-15-16-17-18-19-20-21/h21H,2-18H2,1H3. The fourth-order valence-corrected chi connectivity index (χ4v) is 2.82. The van der Waals surface area contributed by atoms with Crippen LogP contribution in [0.1, 0.15) is 110 Å². The van der Waals surface area contributed by atoms with Crippen LogP contribution in [0.2, 0.25) is 0 Å². The molecule has 2 nitrogen and oxygen atoms in total. The first-order valence-corrected chi connectivity index (χ1v) is 9.71. The van der Waals surface area contributed by atoms with Gasteiger partial charge >= 0.3 is 0 Å². The van der Waals surface area contributed by atoms with Crippen molar-refractivity contribution in [3.05, 3.63) is 0 Å². The van der Waals surface area contributed by atoms with Crippen LogP contribution in [0, 0.1) is 0 Å². The zero-order valence-corrected chi connectivity index (χ0v) is 15.2. The summed E-state index contributed by atoms with van der Waals surface area (Å²) in [7, 11) is 0. The molecule has 0 aromatic carbocycles. The summed E-state index contributed by atoms with van der Waals surface area (Å²) < 4.78 is 4.26. The van der Waals surface area contributed by atoms with Gasteiger partial charge in [0.1, 0.15) is 0 Å². The van der Waals surface area contributed by atoms with Gasteiger partial charge < -0.3 is 0 Å². The van der Waals surface area contributed by atoms with Crippen LogP contribution in [0.3, 0.4) is 0 Å². The second-order valence-corrected chi connectivity index (χ2v) is 6.35. The quantitative estimate of drug-likeness (QED) is 0.0960. The number of unbranched alkanes of at least 4 members (excludes halogenated alkanes) is 15. The number of hydrogen-bond acceptors (Lipinski definition) is 3. The second kappa shape index (κ2) is 20.3. The van der Waals surface area contributed by atoms with Crippen LogP contribution in [0.15, 0.2) is 0 Å². The van der Waals surface area contributed by atoms with Crippen molar-refractivity contribution in [2.24, 2.45) is 0 Å². The minimum Gasteiger partial charge on any atom is -0.225 e. The monoisotopic (exact) mass is 318 g/mol. The maximum Gasteiger partial charge on any atom is 0.0834 e. The Bertz CT molecular complexity index is 159.